The minimum atomic E-state index is -0.524. The standard InChI is InChI=1S/C9H20N2O3/c1-7(12)3-5-11-9(13)8(10)4-6-14-2/h7-8,12H,3-6,10H2,1-2H3,(H,11,13). The van der Waals surface area contributed by atoms with Crippen LogP contribution in [-0.2, 0) is 9.53 Å². The van der Waals surface area contributed by atoms with Crippen molar-refractivity contribution in [2.45, 2.75) is 31.9 Å². The average molecular weight is 204 g/mol. The lowest BCUT2D eigenvalue weighted by Gasteiger charge is -2.12. The van der Waals surface area contributed by atoms with Gasteiger partial charge in [0, 0.05) is 20.3 Å². The molecule has 0 spiro atoms. The van der Waals surface area contributed by atoms with Crippen molar-refractivity contribution < 1.29 is 14.6 Å². The third kappa shape index (κ3) is 6.82. The van der Waals surface area contributed by atoms with Gasteiger partial charge < -0.3 is 20.9 Å². The Kier molecular flexibility index (Phi) is 7.37. The van der Waals surface area contributed by atoms with E-state index in [1.165, 1.54) is 0 Å². The summed E-state index contributed by atoms with van der Waals surface area (Å²) in [4.78, 5) is 11.3. The molecule has 0 aliphatic rings. The molecular formula is C9H20N2O3. The molecule has 0 bridgehead atoms. The lowest BCUT2D eigenvalue weighted by atomic mass is 10.2. The minimum absolute atomic E-state index is 0.192. The Morgan fingerprint density at radius 2 is 2.21 bits per heavy atom. The average Bonchev–Trinajstić information content (AvgIpc) is 2.13. The van der Waals surface area contributed by atoms with E-state index >= 15 is 0 Å². The molecule has 0 aliphatic heterocycles. The predicted octanol–water partition coefficient (Wildman–Crippen LogP) is -0.763. The van der Waals surface area contributed by atoms with E-state index in [1.54, 1.807) is 14.0 Å². The van der Waals surface area contributed by atoms with Crippen molar-refractivity contribution in [1.82, 2.24) is 5.32 Å². The van der Waals surface area contributed by atoms with Gasteiger partial charge in [-0.05, 0) is 19.8 Å². The van der Waals surface area contributed by atoms with Crippen molar-refractivity contribution in [3.8, 4) is 0 Å². The number of hydrogen-bond acceptors (Lipinski definition) is 4. The highest BCUT2D eigenvalue weighted by Crippen LogP contribution is 1.90. The zero-order chi connectivity index (χ0) is 11.0. The van der Waals surface area contributed by atoms with Crippen LogP contribution in [0, 0.1) is 0 Å². The predicted molar refractivity (Wildman–Crippen MR) is 53.8 cm³/mol. The summed E-state index contributed by atoms with van der Waals surface area (Å²) in [5.41, 5.74) is 5.57. The maximum absolute atomic E-state index is 11.3. The maximum atomic E-state index is 11.3. The fourth-order valence-electron chi connectivity index (χ4n) is 0.911. The molecule has 2 atom stereocenters. The number of hydrogen-bond donors (Lipinski definition) is 3. The maximum Gasteiger partial charge on any atom is 0.237 e. The number of nitrogens with two attached hydrogens (primary N) is 1. The number of carbonyl (C=O) groups is 1. The monoisotopic (exact) mass is 204 g/mol. The van der Waals surface area contributed by atoms with Gasteiger partial charge in [-0.3, -0.25) is 4.79 Å². The molecule has 84 valence electrons. The van der Waals surface area contributed by atoms with Crippen LogP contribution < -0.4 is 11.1 Å². The van der Waals surface area contributed by atoms with Crippen LogP contribution in [0.25, 0.3) is 0 Å². The number of aliphatic hydroxyl groups excluding tert-OH is 1. The quantitative estimate of drug-likeness (QED) is 0.509. The number of rotatable bonds is 7. The molecule has 0 rings (SSSR count). The molecule has 14 heavy (non-hydrogen) atoms. The van der Waals surface area contributed by atoms with Gasteiger partial charge in [0.05, 0.1) is 12.1 Å². The molecule has 0 radical (unpaired) electrons. The van der Waals surface area contributed by atoms with Crippen LogP contribution in [0.1, 0.15) is 19.8 Å². The summed E-state index contributed by atoms with van der Waals surface area (Å²) in [5, 5.41) is 11.6. The largest absolute Gasteiger partial charge is 0.393 e. The zero-order valence-corrected chi connectivity index (χ0v) is 8.82. The fourth-order valence-corrected chi connectivity index (χ4v) is 0.911. The summed E-state index contributed by atoms with van der Waals surface area (Å²) in [5.74, 6) is -0.192. The Balaban J connectivity index is 3.52. The van der Waals surface area contributed by atoms with Crippen LogP contribution in [0.5, 0.6) is 0 Å². The summed E-state index contributed by atoms with van der Waals surface area (Å²) in [6, 6.07) is -0.524. The van der Waals surface area contributed by atoms with Crippen molar-refractivity contribution in [3.63, 3.8) is 0 Å². The second kappa shape index (κ2) is 7.73. The Morgan fingerprint density at radius 1 is 1.57 bits per heavy atom. The van der Waals surface area contributed by atoms with Crippen molar-refractivity contribution >= 4 is 5.91 Å². The molecular weight excluding hydrogens is 184 g/mol. The highest BCUT2D eigenvalue weighted by Gasteiger charge is 2.12. The lowest BCUT2D eigenvalue weighted by Crippen LogP contribution is -2.42. The SMILES string of the molecule is COCCC(N)C(=O)NCCC(C)O. The third-order valence-corrected chi connectivity index (χ3v) is 1.83. The summed E-state index contributed by atoms with van der Waals surface area (Å²) in [6.07, 6.45) is 0.658. The highest BCUT2D eigenvalue weighted by atomic mass is 16.5. The van der Waals surface area contributed by atoms with Gasteiger partial charge in [-0.2, -0.15) is 0 Å². The van der Waals surface area contributed by atoms with E-state index in [-0.39, 0.29) is 5.91 Å². The highest BCUT2D eigenvalue weighted by molar-refractivity contribution is 5.81. The number of amides is 1. The molecule has 0 fully saturated rings. The fraction of sp³-hybridized carbons (Fsp3) is 0.889. The molecule has 0 aromatic rings. The Labute approximate surface area is 84.6 Å². The van der Waals surface area contributed by atoms with E-state index in [2.05, 4.69) is 5.32 Å². The van der Waals surface area contributed by atoms with E-state index in [9.17, 15) is 4.79 Å². The molecule has 4 N–H and O–H groups in total. The van der Waals surface area contributed by atoms with E-state index < -0.39 is 12.1 Å². The number of carbonyl (C=O) groups excluding carboxylic acids is 1. The van der Waals surface area contributed by atoms with E-state index in [1.807, 2.05) is 0 Å². The first-order valence-electron chi connectivity index (χ1n) is 4.78. The second-order valence-electron chi connectivity index (χ2n) is 3.32. The van der Waals surface area contributed by atoms with Crippen molar-refractivity contribution in [2.24, 2.45) is 5.73 Å². The van der Waals surface area contributed by atoms with Gasteiger partial charge in [0.25, 0.3) is 0 Å². The Hall–Kier alpha value is -0.650. The molecule has 0 aliphatic carbocycles. The first-order valence-corrected chi connectivity index (χ1v) is 4.78. The molecule has 0 aromatic heterocycles. The van der Waals surface area contributed by atoms with Crippen LogP contribution in [0.4, 0.5) is 0 Å². The second-order valence-corrected chi connectivity index (χ2v) is 3.32. The van der Waals surface area contributed by atoms with Crippen LogP contribution in [-0.4, -0.2) is 43.4 Å². The molecule has 5 heteroatoms. The minimum Gasteiger partial charge on any atom is -0.393 e. The molecule has 0 saturated carbocycles. The molecule has 2 unspecified atom stereocenters. The van der Waals surface area contributed by atoms with E-state index in [0.29, 0.717) is 26.0 Å². The first kappa shape index (κ1) is 13.4. The molecule has 0 heterocycles. The normalized spacial score (nSPS) is 14.9. The summed E-state index contributed by atoms with van der Waals surface area (Å²) >= 11 is 0. The van der Waals surface area contributed by atoms with Gasteiger partial charge in [0.2, 0.25) is 5.91 Å². The van der Waals surface area contributed by atoms with Gasteiger partial charge in [-0.1, -0.05) is 0 Å². The van der Waals surface area contributed by atoms with Crippen molar-refractivity contribution in [2.75, 3.05) is 20.3 Å². The smallest absolute Gasteiger partial charge is 0.237 e. The molecule has 0 saturated heterocycles. The summed E-state index contributed by atoms with van der Waals surface area (Å²) < 4.78 is 4.81. The van der Waals surface area contributed by atoms with Crippen molar-refractivity contribution in [1.29, 1.82) is 0 Å². The topological polar surface area (TPSA) is 84.6 Å². The first-order chi connectivity index (χ1) is 6.57. The Bertz CT molecular complexity index is 162. The van der Waals surface area contributed by atoms with Crippen LogP contribution in [0.3, 0.4) is 0 Å². The number of nitrogens with one attached hydrogen (secondary N) is 1. The zero-order valence-electron chi connectivity index (χ0n) is 8.82. The van der Waals surface area contributed by atoms with Crippen molar-refractivity contribution in [3.05, 3.63) is 0 Å². The third-order valence-electron chi connectivity index (χ3n) is 1.83. The van der Waals surface area contributed by atoms with E-state index in [0.717, 1.165) is 0 Å². The van der Waals surface area contributed by atoms with Gasteiger partial charge in [-0.15, -0.1) is 0 Å². The molecule has 0 aromatic carbocycles. The molecule has 5 nitrogen and oxygen atoms in total. The van der Waals surface area contributed by atoms with Crippen LogP contribution >= 0.6 is 0 Å². The van der Waals surface area contributed by atoms with Gasteiger partial charge in [0.1, 0.15) is 0 Å². The van der Waals surface area contributed by atoms with Gasteiger partial charge in [0.15, 0.2) is 0 Å². The summed E-state index contributed by atoms with van der Waals surface area (Å²) in [6.45, 7) is 2.61. The van der Waals surface area contributed by atoms with Gasteiger partial charge in [-0.25, -0.2) is 0 Å². The lowest BCUT2D eigenvalue weighted by molar-refractivity contribution is -0.122. The van der Waals surface area contributed by atoms with Crippen LogP contribution in [0.15, 0.2) is 0 Å². The number of aliphatic hydroxyl groups is 1. The molecule has 1 amide bonds. The number of methoxy groups -OCH3 is 1. The van der Waals surface area contributed by atoms with E-state index in [4.69, 9.17) is 15.6 Å². The van der Waals surface area contributed by atoms with Crippen LogP contribution in [0.2, 0.25) is 0 Å². The number of ether oxygens (including phenoxy) is 1. The van der Waals surface area contributed by atoms with Gasteiger partial charge >= 0.3 is 0 Å². The Morgan fingerprint density at radius 3 is 2.71 bits per heavy atom. The summed E-state index contributed by atoms with van der Waals surface area (Å²) in [7, 11) is 1.57.